The summed E-state index contributed by atoms with van der Waals surface area (Å²) in [6.45, 7) is 5.98. The van der Waals surface area contributed by atoms with E-state index < -0.39 is 10.0 Å². The molecule has 112 valence electrons. The minimum Gasteiger partial charge on any atom is -0.482 e. The van der Waals surface area contributed by atoms with E-state index in [2.05, 4.69) is 5.32 Å². The number of nitrogens with two attached hydrogens (primary N) is 1. The number of hydrogen-bond donors (Lipinski definition) is 2. The number of aryl methyl sites for hydroxylation is 1. The molecule has 0 aliphatic rings. The minimum atomic E-state index is -3.89. The van der Waals surface area contributed by atoms with Crippen molar-refractivity contribution in [2.45, 2.75) is 25.7 Å². The summed E-state index contributed by atoms with van der Waals surface area (Å²) in [4.78, 5) is 11.4. The Balaban J connectivity index is 2.76. The van der Waals surface area contributed by atoms with Crippen LogP contribution in [0.5, 0.6) is 5.75 Å². The van der Waals surface area contributed by atoms with Crippen molar-refractivity contribution in [1.29, 1.82) is 0 Å². The molecular formula is C13H20N2O4S. The number of hydrogen-bond acceptors (Lipinski definition) is 4. The molecule has 7 heteroatoms. The van der Waals surface area contributed by atoms with Crippen LogP contribution in [0.1, 0.15) is 19.4 Å². The van der Waals surface area contributed by atoms with Gasteiger partial charge in [0.25, 0.3) is 5.91 Å². The molecule has 0 saturated carbocycles. The Bertz CT molecular complexity index is 582. The number of carbonyl (C=O) groups is 1. The number of benzene rings is 1. The maximum atomic E-state index is 11.5. The molecule has 6 nitrogen and oxygen atoms in total. The van der Waals surface area contributed by atoms with Gasteiger partial charge in [-0.05, 0) is 30.5 Å². The monoisotopic (exact) mass is 300 g/mol. The Morgan fingerprint density at radius 3 is 2.60 bits per heavy atom. The standard InChI is InChI=1S/C13H20N2O4S/c1-9(2)7-15-13(16)8-19-11-5-4-10(3)6-12(11)20(14,17)18/h4-6,9H,7-8H2,1-3H3,(H,15,16)(H2,14,17,18). The molecule has 0 spiro atoms. The van der Waals surface area contributed by atoms with Gasteiger partial charge in [0, 0.05) is 6.54 Å². The summed E-state index contributed by atoms with van der Waals surface area (Å²) in [6, 6.07) is 4.59. The third-order valence-corrected chi connectivity index (χ3v) is 3.40. The van der Waals surface area contributed by atoms with Gasteiger partial charge in [-0.3, -0.25) is 4.79 Å². The maximum Gasteiger partial charge on any atom is 0.257 e. The molecule has 0 aromatic heterocycles. The number of sulfonamides is 1. The highest BCUT2D eigenvalue weighted by molar-refractivity contribution is 7.89. The van der Waals surface area contributed by atoms with Gasteiger partial charge in [-0.1, -0.05) is 19.9 Å². The number of primary sulfonamides is 1. The maximum absolute atomic E-state index is 11.5. The first-order chi connectivity index (χ1) is 9.20. The Labute approximate surface area is 119 Å². The second-order valence-corrected chi connectivity index (χ2v) is 6.51. The summed E-state index contributed by atoms with van der Waals surface area (Å²) < 4.78 is 28.2. The van der Waals surface area contributed by atoms with E-state index >= 15 is 0 Å². The van der Waals surface area contributed by atoms with Crippen molar-refractivity contribution in [3.8, 4) is 5.75 Å². The van der Waals surface area contributed by atoms with Crippen molar-refractivity contribution in [2.75, 3.05) is 13.2 Å². The Hall–Kier alpha value is -1.60. The second kappa shape index (κ2) is 6.71. The molecule has 0 heterocycles. The molecule has 3 N–H and O–H groups in total. The van der Waals surface area contributed by atoms with E-state index in [1.54, 1.807) is 13.0 Å². The molecule has 1 amide bonds. The average molecular weight is 300 g/mol. The van der Waals surface area contributed by atoms with E-state index in [-0.39, 0.29) is 23.2 Å². The van der Waals surface area contributed by atoms with Crippen LogP contribution in [0.15, 0.2) is 23.1 Å². The molecule has 0 aliphatic heterocycles. The molecule has 0 fully saturated rings. The van der Waals surface area contributed by atoms with Crippen LogP contribution in [0.3, 0.4) is 0 Å². The van der Waals surface area contributed by atoms with Gasteiger partial charge in [0.2, 0.25) is 10.0 Å². The summed E-state index contributed by atoms with van der Waals surface area (Å²) in [7, 11) is -3.89. The normalized spacial score (nSPS) is 11.4. The molecule has 0 atom stereocenters. The van der Waals surface area contributed by atoms with Crippen molar-refractivity contribution < 1.29 is 17.9 Å². The van der Waals surface area contributed by atoms with Crippen molar-refractivity contribution >= 4 is 15.9 Å². The van der Waals surface area contributed by atoms with Gasteiger partial charge < -0.3 is 10.1 Å². The lowest BCUT2D eigenvalue weighted by molar-refractivity contribution is -0.123. The lowest BCUT2D eigenvalue weighted by atomic mass is 10.2. The summed E-state index contributed by atoms with van der Waals surface area (Å²) >= 11 is 0. The van der Waals surface area contributed by atoms with Gasteiger partial charge in [0.15, 0.2) is 6.61 Å². The fourth-order valence-corrected chi connectivity index (χ4v) is 2.23. The Kier molecular flexibility index (Phi) is 5.52. The molecule has 0 radical (unpaired) electrons. The molecule has 1 aromatic rings. The quantitative estimate of drug-likeness (QED) is 0.811. The fourth-order valence-electron chi connectivity index (χ4n) is 1.47. The topological polar surface area (TPSA) is 98.5 Å². The predicted octanol–water partition coefficient (Wildman–Crippen LogP) is 0.793. The van der Waals surface area contributed by atoms with Crippen LogP contribution in [-0.4, -0.2) is 27.5 Å². The van der Waals surface area contributed by atoms with Crippen molar-refractivity contribution in [2.24, 2.45) is 11.1 Å². The first-order valence-electron chi connectivity index (χ1n) is 6.23. The third-order valence-electron chi connectivity index (χ3n) is 2.47. The van der Waals surface area contributed by atoms with Gasteiger partial charge in [0.05, 0.1) is 0 Å². The summed E-state index contributed by atoms with van der Waals surface area (Å²) in [5.41, 5.74) is 0.741. The molecule has 0 bridgehead atoms. The van der Waals surface area contributed by atoms with E-state index in [1.165, 1.54) is 12.1 Å². The first-order valence-corrected chi connectivity index (χ1v) is 7.77. The van der Waals surface area contributed by atoms with Gasteiger partial charge in [-0.25, -0.2) is 13.6 Å². The molecule has 1 rings (SSSR count). The zero-order chi connectivity index (χ0) is 15.3. The van der Waals surface area contributed by atoms with Crippen molar-refractivity contribution in [1.82, 2.24) is 5.32 Å². The van der Waals surface area contributed by atoms with Crippen LogP contribution in [-0.2, 0) is 14.8 Å². The van der Waals surface area contributed by atoms with Crippen LogP contribution in [0.4, 0.5) is 0 Å². The summed E-state index contributed by atoms with van der Waals surface area (Å²) in [6.07, 6.45) is 0. The number of ether oxygens (including phenoxy) is 1. The molecule has 0 unspecified atom stereocenters. The minimum absolute atomic E-state index is 0.0813. The van der Waals surface area contributed by atoms with E-state index in [4.69, 9.17) is 9.88 Å². The molecule has 1 aromatic carbocycles. The fraction of sp³-hybridized carbons (Fsp3) is 0.462. The highest BCUT2D eigenvalue weighted by Crippen LogP contribution is 2.23. The van der Waals surface area contributed by atoms with E-state index in [0.29, 0.717) is 12.5 Å². The molecule has 0 saturated heterocycles. The average Bonchev–Trinajstić information content (AvgIpc) is 2.33. The van der Waals surface area contributed by atoms with Crippen LogP contribution in [0, 0.1) is 12.8 Å². The highest BCUT2D eigenvalue weighted by Gasteiger charge is 2.16. The number of carbonyl (C=O) groups excluding carboxylic acids is 1. The number of rotatable bonds is 6. The van der Waals surface area contributed by atoms with Gasteiger partial charge in [-0.15, -0.1) is 0 Å². The van der Waals surface area contributed by atoms with Crippen LogP contribution in [0.25, 0.3) is 0 Å². The van der Waals surface area contributed by atoms with Crippen molar-refractivity contribution in [3.05, 3.63) is 23.8 Å². The van der Waals surface area contributed by atoms with Crippen LogP contribution in [0.2, 0.25) is 0 Å². The molecular weight excluding hydrogens is 280 g/mol. The third kappa shape index (κ3) is 5.18. The van der Waals surface area contributed by atoms with Crippen LogP contribution >= 0.6 is 0 Å². The second-order valence-electron chi connectivity index (χ2n) is 4.98. The number of nitrogens with one attached hydrogen (secondary N) is 1. The van der Waals surface area contributed by atoms with E-state index in [0.717, 1.165) is 5.56 Å². The zero-order valence-corrected chi connectivity index (χ0v) is 12.7. The molecule has 20 heavy (non-hydrogen) atoms. The summed E-state index contributed by atoms with van der Waals surface area (Å²) in [5, 5.41) is 7.80. The lowest BCUT2D eigenvalue weighted by Gasteiger charge is -2.12. The smallest absolute Gasteiger partial charge is 0.257 e. The molecule has 0 aliphatic carbocycles. The Morgan fingerprint density at radius 2 is 2.05 bits per heavy atom. The summed E-state index contributed by atoms with van der Waals surface area (Å²) in [5.74, 6) is 0.107. The SMILES string of the molecule is Cc1ccc(OCC(=O)NCC(C)C)c(S(N)(=O)=O)c1. The van der Waals surface area contributed by atoms with Gasteiger partial charge in [0.1, 0.15) is 10.6 Å². The van der Waals surface area contributed by atoms with Crippen LogP contribution < -0.4 is 15.2 Å². The zero-order valence-electron chi connectivity index (χ0n) is 11.8. The highest BCUT2D eigenvalue weighted by atomic mass is 32.2. The number of amides is 1. The van der Waals surface area contributed by atoms with Crippen molar-refractivity contribution in [3.63, 3.8) is 0 Å². The van der Waals surface area contributed by atoms with E-state index in [9.17, 15) is 13.2 Å². The largest absolute Gasteiger partial charge is 0.482 e. The first kappa shape index (κ1) is 16.5. The van der Waals surface area contributed by atoms with Gasteiger partial charge >= 0.3 is 0 Å². The van der Waals surface area contributed by atoms with E-state index in [1.807, 2.05) is 13.8 Å². The predicted molar refractivity (Wildman–Crippen MR) is 75.9 cm³/mol. The van der Waals surface area contributed by atoms with Gasteiger partial charge in [-0.2, -0.15) is 0 Å². The Morgan fingerprint density at radius 1 is 1.40 bits per heavy atom. The lowest BCUT2D eigenvalue weighted by Crippen LogP contribution is -2.32.